The molecule has 0 amide bonds. The molecule has 1 unspecified atom stereocenters. The zero-order valence-corrected chi connectivity index (χ0v) is 12.4. The lowest BCUT2D eigenvalue weighted by Gasteiger charge is -2.19. The van der Waals surface area contributed by atoms with E-state index in [0.29, 0.717) is 12.0 Å². The third-order valence-electron chi connectivity index (χ3n) is 2.98. The first-order chi connectivity index (χ1) is 8.56. The minimum absolute atomic E-state index is 0.0577. The zero-order valence-electron chi connectivity index (χ0n) is 10.8. The first kappa shape index (κ1) is 15.1. The Kier molecular flexibility index (Phi) is 6.31. The van der Waals surface area contributed by atoms with Gasteiger partial charge in [0.1, 0.15) is 5.82 Å². The van der Waals surface area contributed by atoms with E-state index < -0.39 is 0 Å². The number of halogens is 2. The van der Waals surface area contributed by atoms with Crippen LogP contribution >= 0.6 is 15.9 Å². The van der Waals surface area contributed by atoms with Crippen molar-refractivity contribution >= 4 is 15.9 Å². The smallest absolute Gasteiger partial charge is 0.126 e. The fourth-order valence-electron chi connectivity index (χ4n) is 1.77. The van der Waals surface area contributed by atoms with Gasteiger partial charge in [-0.2, -0.15) is 5.26 Å². The molecule has 0 radical (unpaired) electrons. The molecule has 1 aromatic carbocycles. The van der Waals surface area contributed by atoms with Gasteiger partial charge in [0, 0.05) is 17.6 Å². The van der Waals surface area contributed by atoms with Crippen LogP contribution in [0, 0.1) is 23.1 Å². The largest absolute Gasteiger partial charge is 0.305 e. The molecule has 1 aromatic rings. The Morgan fingerprint density at radius 3 is 2.83 bits per heavy atom. The monoisotopic (exact) mass is 312 g/mol. The van der Waals surface area contributed by atoms with Gasteiger partial charge in [-0.05, 0) is 43.7 Å². The van der Waals surface area contributed by atoms with E-state index >= 15 is 0 Å². The summed E-state index contributed by atoms with van der Waals surface area (Å²) < 4.78 is 14.4. The SMILES string of the molecule is CCC(C#N)CN(C)CCc1cc(Br)ccc1F. The van der Waals surface area contributed by atoms with Gasteiger partial charge < -0.3 is 4.90 Å². The maximum Gasteiger partial charge on any atom is 0.126 e. The Morgan fingerprint density at radius 2 is 2.22 bits per heavy atom. The van der Waals surface area contributed by atoms with Crippen LogP contribution in [0.25, 0.3) is 0 Å². The Labute approximate surface area is 117 Å². The molecule has 18 heavy (non-hydrogen) atoms. The van der Waals surface area contributed by atoms with Crippen molar-refractivity contribution in [3.8, 4) is 6.07 Å². The molecule has 1 rings (SSSR count). The molecule has 98 valence electrons. The van der Waals surface area contributed by atoms with Crippen LogP contribution in [-0.2, 0) is 6.42 Å². The van der Waals surface area contributed by atoms with Gasteiger partial charge in [0.05, 0.1) is 12.0 Å². The molecule has 2 nitrogen and oxygen atoms in total. The van der Waals surface area contributed by atoms with E-state index in [1.165, 1.54) is 6.07 Å². The van der Waals surface area contributed by atoms with E-state index in [1.54, 1.807) is 6.07 Å². The van der Waals surface area contributed by atoms with Crippen molar-refractivity contribution in [1.29, 1.82) is 5.26 Å². The van der Waals surface area contributed by atoms with Crippen molar-refractivity contribution in [2.24, 2.45) is 5.92 Å². The van der Waals surface area contributed by atoms with Crippen molar-refractivity contribution in [3.63, 3.8) is 0 Å². The van der Waals surface area contributed by atoms with Gasteiger partial charge in [-0.15, -0.1) is 0 Å². The first-order valence-electron chi connectivity index (χ1n) is 6.09. The highest BCUT2D eigenvalue weighted by molar-refractivity contribution is 9.10. The summed E-state index contributed by atoms with van der Waals surface area (Å²) in [4.78, 5) is 2.08. The summed E-state index contributed by atoms with van der Waals surface area (Å²) in [5, 5.41) is 8.90. The number of nitriles is 1. The average Bonchev–Trinajstić information content (AvgIpc) is 2.37. The molecule has 0 aromatic heterocycles. The Balaban J connectivity index is 2.50. The molecule has 0 spiro atoms. The van der Waals surface area contributed by atoms with Gasteiger partial charge >= 0.3 is 0 Å². The molecule has 0 heterocycles. The predicted octanol–water partition coefficient (Wildman–Crippen LogP) is 3.61. The highest BCUT2D eigenvalue weighted by atomic mass is 79.9. The first-order valence-corrected chi connectivity index (χ1v) is 6.88. The van der Waals surface area contributed by atoms with E-state index in [2.05, 4.69) is 26.9 Å². The molecule has 0 aliphatic carbocycles. The summed E-state index contributed by atoms with van der Waals surface area (Å²) in [6.07, 6.45) is 1.51. The molecule has 0 saturated carbocycles. The molecule has 0 fully saturated rings. The van der Waals surface area contributed by atoms with E-state index in [1.807, 2.05) is 20.0 Å². The fraction of sp³-hybridized carbons (Fsp3) is 0.500. The lowest BCUT2D eigenvalue weighted by atomic mass is 10.1. The normalized spacial score (nSPS) is 12.4. The van der Waals surface area contributed by atoms with E-state index in [4.69, 9.17) is 5.26 Å². The maximum absolute atomic E-state index is 13.5. The number of likely N-dealkylation sites (N-methyl/N-ethyl adjacent to an activating group) is 1. The third-order valence-corrected chi connectivity index (χ3v) is 3.47. The number of rotatable bonds is 6. The second-order valence-corrected chi connectivity index (χ2v) is 5.40. The van der Waals surface area contributed by atoms with E-state index in [0.717, 1.165) is 24.0 Å². The van der Waals surface area contributed by atoms with Crippen LogP contribution in [0.4, 0.5) is 4.39 Å². The number of hydrogen-bond donors (Lipinski definition) is 0. The summed E-state index contributed by atoms with van der Waals surface area (Å²) in [6.45, 7) is 3.50. The second-order valence-electron chi connectivity index (χ2n) is 4.48. The quantitative estimate of drug-likeness (QED) is 0.802. The van der Waals surface area contributed by atoms with Crippen molar-refractivity contribution in [1.82, 2.24) is 4.90 Å². The van der Waals surface area contributed by atoms with Crippen LogP contribution in [0.3, 0.4) is 0 Å². The lowest BCUT2D eigenvalue weighted by molar-refractivity contribution is 0.302. The standard InChI is InChI=1S/C14H18BrFN2/c1-3-11(9-17)10-18(2)7-6-12-8-13(15)4-5-14(12)16/h4-5,8,11H,3,6-7,10H2,1-2H3. The van der Waals surface area contributed by atoms with Crippen molar-refractivity contribution in [2.45, 2.75) is 19.8 Å². The minimum atomic E-state index is -0.168. The van der Waals surface area contributed by atoms with E-state index in [-0.39, 0.29) is 11.7 Å². The van der Waals surface area contributed by atoms with Crippen LogP contribution < -0.4 is 0 Å². The zero-order chi connectivity index (χ0) is 13.5. The van der Waals surface area contributed by atoms with Gasteiger partial charge in [-0.1, -0.05) is 22.9 Å². The molecule has 0 N–H and O–H groups in total. The molecular weight excluding hydrogens is 295 g/mol. The Bertz CT molecular complexity index is 428. The van der Waals surface area contributed by atoms with Crippen LogP contribution in [0.1, 0.15) is 18.9 Å². The summed E-state index contributed by atoms with van der Waals surface area (Å²) >= 11 is 3.34. The van der Waals surface area contributed by atoms with Crippen molar-refractivity contribution in [2.75, 3.05) is 20.1 Å². The number of benzene rings is 1. The fourth-order valence-corrected chi connectivity index (χ4v) is 2.18. The highest BCUT2D eigenvalue weighted by Gasteiger charge is 2.09. The van der Waals surface area contributed by atoms with Gasteiger partial charge in [0.25, 0.3) is 0 Å². The molecule has 0 aliphatic heterocycles. The molecule has 0 aliphatic rings. The van der Waals surface area contributed by atoms with Gasteiger partial charge in [-0.25, -0.2) is 4.39 Å². The van der Waals surface area contributed by atoms with Crippen LogP contribution in [0.5, 0.6) is 0 Å². The van der Waals surface area contributed by atoms with Crippen LogP contribution in [0.15, 0.2) is 22.7 Å². The molecular formula is C14H18BrFN2. The number of nitrogens with zero attached hydrogens (tertiary/aromatic N) is 2. The topological polar surface area (TPSA) is 27.0 Å². The molecule has 1 atom stereocenters. The Hall–Kier alpha value is -0.920. The summed E-state index contributed by atoms with van der Waals surface area (Å²) in [5.41, 5.74) is 0.709. The van der Waals surface area contributed by atoms with Gasteiger partial charge in [-0.3, -0.25) is 0 Å². The second kappa shape index (κ2) is 7.50. The molecule has 0 bridgehead atoms. The Morgan fingerprint density at radius 1 is 1.50 bits per heavy atom. The van der Waals surface area contributed by atoms with Gasteiger partial charge in [0.15, 0.2) is 0 Å². The summed E-state index contributed by atoms with van der Waals surface area (Å²) in [7, 11) is 1.97. The van der Waals surface area contributed by atoms with Crippen molar-refractivity contribution in [3.05, 3.63) is 34.1 Å². The highest BCUT2D eigenvalue weighted by Crippen LogP contribution is 2.16. The molecule has 0 saturated heterocycles. The lowest BCUT2D eigenvalue weighted by Crippen LogP contribution is -2.27. The average molecular weight is 313 g/mol. The summed E-state index contributed by atoms with van der Waals surface area (Å²) in [6, 6.07) is 7.26. The van der Waals surface area contributed by atoms with E-state index in [9.17, 15) is 4.39 Å². The van der Waals surface area contributed by atoms with Crippen molar-refractivity contribution < 1.29 is 4.39 Å². The third kappa shape index (κ3) is 4.75. The maximum atomic E-state index is 13.5. The summed E-state index contributed by atoms with van der Waals surface area (Å²) in [5.74, 6) is -0.110. The minimum Gasteiger partial charge on any atom is -0.305 e. The molecule has 4 heteroatoms. The van der Waals surface area contributed by atoms with Crippen LogP contribution in [-0.4, -0.2) is 25.0 Å². The van der Waals surface area contributed by atoms with Crippen LogP contribution in [0.2, 0.25) is 0 Å². The van der Waals surface area contributed by atoms with Gasteiger partial charge in [0.2, 0.25) is 0 Å². The predicted molar refractivity (Wildman–Crippen MR) is 74.7 cm³/mol. The number of hydrogen-bond acceptors (Lipinski definition) is 2.